The fourth-order valence-corrected chi connectivity index (χ4v) is 6.63. The van der Waals surface area contributed by atoms with Crippen molar-refractivity contribution < 1.29 is 4.42 Å². The summed E-state index contributed by atoms with van der Waals surface area (Å²) in [6, 6.07) is 47.7. The van der Waals surface area contributed by atoms with Crippen LogP contribution in [0.4, 0.5) is 0 Å². The summed E-state index contributed by atoms with van der Waals surface area (Å²) in [5.41, 5.74) is 8.70. The van der Waals surface area contributed by atoms with Crippen LogP contribution in [0.1, 0.15) is 0 Å². The molecule has 0 bridgehead atoms. The van der Waals surface area contributed by atoms with E-state index in [1.807, 2.05) is 24.4 Å². The lowest BCUT2D eigenvalue weighted by Crippen LogP contribution is -1.90. The number of fused-ring (bicyclic) bond motifs is 3. The van der Waals surface area contributed by atoms with Crippen LogP contribution in [-0.2, 0) is 0 Å². The van der Waals surface area contributed by atoms with Gasteiger partial charge in [0.05, 0.1) is 5.69 Å². The van der Waals surface area contributed by atoms with Gasteiger partial charge in [-0.1, -0.05) is 109 Å². The Balaban J connectivity index is 1.27. The lowest BCUT2D eigenvalue weighted by molar-refractivity contribution is 0.670. The van der Waals surface area contributed by atoms with Gasteiger partial charge >= 0.3 is 0 Å². The molecule has 0 aliphatic heterocycles. The van der Waals surface area contributed by atoms with E-state index in [4.69, 9.17) is 4.42 Å². The van der Waals surface area contributed by atoms with Crippen LogP contribution in [0.5, 0.6) is 0 Å². The molecule has 2 heterocycles. The predicted molar refractivity (Wildman–Crippen MR) is 172 cm³/mol. The standard InChI is InChI=1S/C39H23NO/c1-2-13-36-31(9-1)34-11-6-10-29(39(34)41-36)27-8-5-7-26(23-27)28-18-14-24-17-21-33-30(35-12-3-4-22-40-35)19-15-25-16-20-32(28)37(24)38(25)33/h1-23H. The van der Waals surface area contributed by atoms with Crippen LogP contribution < -0.4 is 0 Å². The normalized spacial score (nSPS) is 11.9. The Kier molecular flexibility index (Phi) is 4.64. The van der Waals surface area contributed by atoms with Gasteiger partial charge in [0.1, 0.15) is 11.2 Å². The zero-order valence-corrected chi connectivity index (χ0v) is 22.1. The summed E-state index contributed by atoms with van der Waals surface area (Å²) in [7, 11) is 0. The smallest absolute Gasteiger partial charge is 0.143 e. The van der Waals surface area contributed by atoms with Crippen molar-refractivity contribution in [2.24, 2.45) is 0 Å². The van der Waals surface area contributed by atoms with E-state index in [2.05, 4.69) is 120 Å². The average molecular weight is 522 g/mol. The fraction of sp³-hybridized carbons (Fsp3) is 0. The van der Waals surface area contributed by atoms with Crippen molar-refractivity contribution in [3.05, 3.63) is 140 Å². The Hall–Kier alpha value is -5.47. The van der Waals surface area contributed by atoms with E-state index in [1.54, 1.807) is 0 Å². The van der Waals surface area contributed by atoms with Gasteiger partial charge in [-0.3, -0.25) is 4.98 Å². The molecular formula is C39H23NO. The molecule has 2 heteroatoms. The monoisotopic (exact) mass is 521 g/mol. The summed E-state index contributed by atoms with van der Waals surface area (Å²) in [5.74, 6) is 0. The van der Waals surface area contributed by atoms with Gasteiger partial charge in [0.25, 0.3) is 0 Å². The van der Waals surface area contributed by atoms with Crippen molar-refractivity contribution in [1.29, 1.82) is 0 Å². The van der Waals surface area contributed by atoms with Crippen LogP contribution in [0, 0.1) is 0 Å². The Morgan fingerprint density at radius 1 is 0.439 bits per heavy atom. The number of benzene rings is 7. The van der Waals surface area contributed by atoms with Gasteiger partial charge in [-0.05, 0) is 73.3 Å². The highest BCUT2D eigenvalue weighted by molar-refractivity contribution is 6.27. The summed E-state index contributed by atoms with van der Waals surface area (Å²) >= 11 is 0. The first-order chi connectivity index (χ1) is 20.3. The number of para-hydroxylation sites is 2. The maximum atomic E-state index is 6.37. The van der Waals surface area contributed by atoms with Gasteiger partial charge in [-0.2, -0.15) is 0 Å². The van der Waals surface area contributed by atoms with E-state index in [0.29, 0.717) is 0 Å². The summed E-state index contributed by atoms with van der Waals surface area (Å²) in [6.45, 7) is 0. The van der Waals surface area contributed by atoms with Crippen molar-refractivity contribution in [2.45, 2.75) is 0 Å². The van der Waals surface area contributed by atoms with Gasteiger partial charge < -0.3 is 4.42 Å². The third-order valence-electron chi connectivity index (χ3n) is 8.49. The second-order valence-corrected chi connectivity index (χ2v) is 10.7. The minimum atomic E-state index is 0.919. The lowest BCUT2D eigenvalue weighted by Gasteiger charge is -2.16. The topological polar surface area (TPSA) is 26.0 Å². The zero-order chi connectivity index (χ0) is 26.9. The Labute approximate surface area is 236 Å². The van der Waals surface area contributed by atoms with Gasteiger partial charge in [-0.15, -0.1) is 0 Å². The van der Waals surface area contributed by atoms with E-state index in [1.165, 1.54) is 49.0 Å². The molecule has 0 saturated carbocycles. The molecular weight excluding hydrogens is 498 g/mol. The summed E-state index contributed by atoms with van der Waals surface area (Å²) in [6.07, 6.45) is 1.87. The molecule has 0 aliphatic carbocycles. The molecule has 0 spiro atoms. The molecule has 0 unspecified atom stereocenters. The molecule has 190 valence electrons. The molecule has 0 fully saturated rings. The molecule has 9 aromatic rings. The van der Waals surface area contributed by atoms with Crippen LogP contribution >= 0.6 is 0 Å². The molecule has 7 aromatic carbocycles. The van der Waals surface area contributed by atoms with Crippen molar-refractivity contribution in [3.63, 3.8) is 0 Å². The molecule has 0 saturated heterocycles. The van der Waals surface area contributed by atoms with E-state index < -0.39 is 0 Å². The van der Waals surface area contributed by atoms with Gasteiger partial charge in [0.2, 0.25) is 0 Å². The third kappa shape index (κ3) is 3.28. The maximum absolute atomic E-state index is 6.37. The Morgan fingerprint density at radius 2 is 1.10 bits per heavy atom. The number of aromatic nitrogens is 1. The highest BCUT2D eigenvalue weighted by Crippen LogP contribution is 2.43. The van der Waals surface area contributed by atoms with Gasteiger partial charge in [-0.25, -0.2) is 0 Å². The predicted octanol–water partition coefficient (Wildman–Crippen LogP) is 10.9. The lowest BCUT2D eigenvalue weighted by atomic mass is 9.87. The zero-order valence-electron chi connectivity index (χ0n) is 22.1. The van der Waals surface area contributed by atoms with Crippen LogP contribution in [0.3, 0.4) is 0 Å². The van der Waals surface area contributed by atoms with E-state index in [9.17, 15) is 0 Å². The van der Waals surface area contributed by atoms with E-state index in [-0.39, 0.29) is 0 Å². The van der Waals surface area contributed by atoms with Crippen LogP contribution in [-0.4, -0.2) is 4.98 Å². The first-order valence-corrected chi connectivity index (χ1v) is 14.0. The molecule has 0 atom stereocenters. The fourth-order valence-electron chi connectivity index (χ4n) is 6.63. The quantitative estimate of drug-likeness (QED) is 0.216. The van der Waals surface area contributed by atoms with Crippen molar-refractivity contribution in [2.75, 3.05) is 0 Å². The molecule has 9 rings (SSSR count). The first-order valence-electron chi connectivity index (χ1n) is 14.0. The molecule has 0 radical (unpaired) electrons. The summed E-state index contributed by atoms with van der Waals surface area (Å²) in [5, 5.41) is 9.91. The number of hydrogen-bond acceptors (Lipinski definition) is 2. The molecule has 2 aromatic heterocycles. The number of rotatable bonds is 3. The highest BCUT2D eigenvalue weighted by atomic mass is 16.3. The van der Waals surface area contributed by atoms with Crippen molar-refractivity contribution in [1.82, 2.24) is 4.98 Å². The summed E-state index contributed by atoms with van der Waals surface area (Å²) in [4.78, 5) is 4.66. The molecule has 41 heavy (non-hydrogen) atoms. The second-order valence-electron chi connectivity index (χ2n) is 10.7. The van der Waals surface area contributed by atoms with Crippen molar-refractivity contribution >= 4 is 54.3 Å². The number of furan rings is 1. The Bertz CT molecular complexity index is 2420. The molecule has 0 amide bonds. The highest BCUT2D eigenvalue weighted by Gasteiger charge is 2.16. The van der Waals surface area contributed by atoms with Gasteiger partial charge in [0.15, 0.2) is 0 Å². The summed E-state index contributed by atoms with van der Waals surface area (Å²) < 4.78 is 6.37. The molecule has 0 N–H and O–H groups in total. The number of nitrogens with zero attached hydrogens (tertiary/aromatic N) is 1. The van der Waals surface area contributed by atoms with E-state index >= 15 is 0 Å². The van der Waals surface area contributed by atoms with Crippen molar-refractivity contribution in [3.8, 4) is 33.5 Å². The SMILES string of the molecule is c1ccc(-c2ccc3ccc4c(-c5cccc(-c6cccc7c6oc6ccccc67)c5)ccc5ccc2c3c54)nc1. The molecule has 2 nitrogen and oxygen atoms in total. The largest absolute Gasteiger partial charge is 0.455 e. The van der Waals surface area contributed by atoms with Crippen LogP contribution in [0.25, 0.3) is 87.8 Å². The number of pyridine rings is 1. The van der Waals surface area contributed by atoms with E-state index in [0.717, 1.165) is 38.8 Å². The van der Waals surface area contributed by atoms with Gasteiger partial charge in [0, 0.05) is 28.1 Å². The minimum Gasteiger partial charge on any atom is -0.455 e. The third-order valence-corrected chi connectivity index (χ3v) is 8.49. The van der Waals surface area contributed by atoms with Crippen LogP contribution in [0.15, 0.2) is 144 Å². The maximum Gasteiger partial charge on any atom is 0.143 e. The Morgan fingerprint density at radius 3 is 1.90 bits per heavy atom. The average Bonchev–Trinajstić information content (AvgIpc) is 3.43. The number of hydrogen-bond donors (Lipinski definition) is 0. The van der Waals surface area contributed by atoms with Crippen LogP contribution in [0.2, 0.25) is 0 Å². The second kappa shape index (κ2) is 8.51. The minimum absolute atomic E-state index is 0.919. The molecule has 0 aliphatic rings. The first kappa shape index (κ1) is 22.4.